The van der Waals surface area contributed by atoms with Gasteiger partial charge in [0.25, 0.3) is 5.91 Å². The number of carbonyl (C=O) groups excluding carboxylic acids is 1. The quantitative estimate of drug-likeness (QED) is 0.909. The Labute approximate surface area is 138 Å². The molecule has 23 heavy (non-hydrogen) atoms. The van der Waals surface area contributed by atoms with Crippen molar-refractivity contribution in [1.82, 2.24) is 9.88 Å². The molecule has 0 aromatic carbocycles. The highest BCUT2D eigenvalue weighted by atomic mass is 16.4. The van der Waals surface area contributed by atoms with Gasteiger partial charge in [-0.05, 0) is 51.4 Å². The van der Waals surface area contributed by atoms with Gasteiger partial charge in [0.05, 0.1) is 6.10 Å². The number of aromatic nitrogens is 1. The Kier molecular flexibility index (Phi) is 4.76. The summed E-state index contributed by atoms with van der Waals surface area (Å²) in [4.78, 5) is 19.2. The van der Waals surface area contributed by atoms with Crippen molar-refractivity contribution in [3.8, 4) is 0 Å². The largest absolute Gasteiger partial charge is 0.445 e. The maximum atomic E-state index is 13.0. The van der Waals surface area contributed by atoms with Gasteiger partial charge in [-0.1, -0.05) is 6.92 Å². The van der Waals surface area contributed by atoms with Crippen molar-refractivity contribution in [2.24, 2.45) is 11.8 Å². The number of oxazole rings is 1. The van der Waals surface area contributed by atoms with E-state index in [-0.39, 0.29) is 24.0 Å². The Hall–Kier alpha value is -1.36. The fraction of sp³-hybridized carbons (Fsp3) is 0.778. The van der Waals surface area contributed by atoms with Gasteiger partial charge in [-0.15, -0.1) is 0 Å². The van der Waals surface area contributed by atoms with Crippen molar-refractivity contribution < 1.29 is 14.3 Å². The van der Waals surface area contributed by atoms with Crippen molar-refractivity contribution in [1.29, 1.82) is 0 Å². The van der Waals surface area contributed by atoms with Crippen LogP contribution in [0.15, 0.2) is 4.42 Å². The van der Waals surface area contributed by atoms with E-state index < -0.39 is 0 Å². The molecule has 4 atom stereocenters. The molecule has 1 saturated carbocycles. The molecule has 1 aliphatic heterocycles. The highest BCUT2D eigenvalue weighted by Gasteiger charge is 2.40. The number of aliphatic hydroxyl groups is 1. The molecule has 2 heterocycles. The summed E-state index contributed by atoms with van der Waals surface area (Å²) in [6.45, 7) is 6.57. The molecule has 1 amide bonds. The topological polar surface area (TPSA) is 66.6 Å². The molecule has 5 nitrogen and oxygen atoms in total. The summed E-state index contributed by atoms with van der Waals surface area (Å²) < 4.78 is 5.44. The standard InChI is InChI=1S/C18H28N2O3/c1-11-7-8-16(21)14(10-11)15-6-4-5-9-20(15)18(22)17-12(2)23-13(3)19-17/h11,14-16,21H,4-10H2,1-3H3. The minimum absolute atomic E-state index is 0.0329. The Balaban J connectivity index is 1.83. The van der Waals surface area contributed by atoms with E-state index in [4.69, 9.17) is 4.42 Å². The average molecular weight is 320 g/mol. The maximum Gasteiger partial charge on any atom is 0.276 e. The van der Waals surface area contributed by atoms with Crippen LogP contribution in [0.1, 0.15) is 67.6 Å². The van der Waals surface area contributed by atoms with Crippen LogP contribution < -0.4 is 0 Å². The molecule has 5 heteroatoms. The molecule has 4 unspecified atom stereocenters. The number of carbonyl (C=O) groups is 1. The fourth-order valence-electron chi connectivity index (χ4n) is 4.34. The smallest absolute Gasteiger partial charge is 0.276 e. The number of hydrogen-bond donors (Lipinski definition) is 1. The lowest BCUT2D eigenvalue weighted by Gasteiger charge is -2.44. The Bertz CT molecular complexity index is 569. The lowest BCUT2D eigenvalue weighted by Crippen LogP contribution is -2.52. The lowest BCUT2D eigenvalue weighted by atomic mass is 9.74. The molecule has 0 spiro atoms. The van der Waals surface area contributed by atoms with Crippen molar-refractivity contribution in [2.75, 3.05) is 6.54 Å². The van der Waals surface area contributed by atoms with E-state index in [0.29, 0.717) is 23.3 Å². The van der Waals surface area contributed by atoms with Crippen LogP contribution in [0.5, 0.6) is 0 Å². The van der Waals surface area contributed by atoms with Crippen LogP contribution >= 0.6 is 0 Å². The third-order valence-corrected chi connectivity index (χ3v) is 5.53. The predicted octanol–water partition coefficient (Wildman–Crippen LogP) is 3.08. The number of rotatable bonds is 2. The molecule has 3 rings (SSSR count). The molecule has 0 radical (unpaired) electrons. The van der Waals surface area contributed by atoms with Crippen molar-refractivity contribution in [3.63, 3.8) is 0 Å². The summed E-state index contributed by atoms with van der Waals surface area (Å²) in [5, 5.41) is 10.5. The number of amides is 1. The molecule has 0 bridgehead atoms. The molecule has 2 aliphatic rings. The zero-order valence-electron chi connectivity index (χ0n) is 14.4. The number of nitrogens with zero attached hydrogens (tertiary/aromatic N) is 2. The normalized spacial score (nSPS) is 32.1. The first-order valence-electron chi connectivity index (χ1n) is 8.90. The second kappa shape index (κ2) is 6.63. The highest BCUT2D eigenvalue weighted by molar-refractivity contribution is 5.93. The number of piperidine rings is 1. The molecule has 1 N–H and O–H groups in total. The van der Waals surface area contributed by atoms with Crippen molar-refractivity contribution in [2.45, 2.75) is 71.4 Å². The van der Waals surface area contributed by atoms with Gasteiger partial charge >= 0.3 is 0 Å². The van der Waals surface area contributed by atoms with Crippen LogP contribution in [0.4, 0.5) is 0 Å². The van der Waals surface area contributed by atoms with E-state index in [1.165, 1.54) is 0 Å². The molecule has 1 saturated heterocycles. The summed E-state index contributed by atoms with van der Waals surface area (Å²) in [5.74, 6) is 1.91. The molecule has 1 aromatic rings. The first kappa shape index (κ1) is 16.5. The van der Waals surface area contributed by atoms with Crippen LogP contribution in [0.25, 0.3) is 0 Å². The third kappa shape index (κ3) is 3.30. The maximum absolute atomic E-state index is 13.0. The van der Waals surface area contributed by atoms with E-state index in [2.05, 4.69) is 11.9 Å². The molecule has 2 fully saturated rings. The first-order chi connectivity index (χ1) is 11.0. The van der Waals surface area contributed by atoms with Crippen molar-refractivity contribution in [3.05, 3.63) is 17.3 Å². The van der Waals surface area contributed by atoms with Crippen molar-refractivity contribution >= 4 is 5.91 Å². The number of hydrogen-bond acceptors (Lipinski definition) is 4. The molecular weight excluding hydrogens is 292 g/mol. The van der Waals surface area contributed by atoms with E-state index in [1.54, 1.807) is 13.8 Å². The summed E-state index contributed by atoms with van der Waals surface area (Å²) >= 11 is 0. The Morgan fingerprint density at radius 1 is 1.26 bits per heavy atom. The minimum Gasteiger partial charge on any atom is -0.445 e. The van der Waals surface area contributed by atoms with Crippen LogP contribution in [0.3, 0.4) is 0 Å². The van der Waals surface area contributed by atoms with Gasteiger partial charge in [0.1, 0.15) is 5.76 Å². The number of likely N-dealkylation sites (tertiary alicyclic amines) is 1. The van der Waals surface area contributed by atoms with Gasteiger partial charge in [0, 0.05) is 25.4 Å². The lowest BCUT2D eigenvalue weighted by molar-refractivity contribution is -0.0123. The van der Waals surface area contributed by atoms with Gasteiger partial charge in [-0.25, -0.2) is 4.98 Å². The molecular formula is C18H28N2O3. The van der Waals surface area contributed by atoms with Gasteiger partial charge in [-0.2, -0.15) is 0 Å². The van der Waals surface area contributed by atoms with Crippen LogP contribution in [0.2, 0.25) is 0 Å². The van der Waals surface area contributed by atoms with Crippen LogP contribution in [-0.2, 0) is 0 Å². The monoisotopic (exact) mass is 320 g/mol. The molecule has 1 aliphatic carbocycles. The Morgan fingerprint density at radius 2 is 2.04 bits per heavy atom. The van der Waals surface area contributed by atoms with Crippen LogP contribution in [-0.4, -0.2) is 39.6 Å². The Morgan fingerprint density at radius 3 is 2.74 bits per heavy atom. The van der Waals surface area contributed by atoms with E-state index >= 15 is 0 Å². The summed E-state index contributed by atoms with van der Waals surface area (Å²) in [6.07, 6.45) is 5.79. The summed E-state index contributed by atoms with van der Waals surface area (Å²) in [5.41, 5.74) is 0.438. The zero-order chi connectivity index (χ0) is 16.6. The first-order valence-corrected chi connectivity index (χ1v) is 8.90. The van der Waals surface area contributed by atoms with E-state index in [1.807, 2.05) is 4.90 Å². The SMILES string of the molecule is Cc1nc(C(=O)N2CCCCC2C2CC(C)CCC2O)c(C)o1. The minimum atomic E-state index is -0.287. The number of aryl methyl sites for hydroxylation is 2. The van der Waals surface area contributed by atoms with E-state index in [0.717, 1.165) is 45.1 Å². The fourth-order valence-corrected chi connectivity index (χ4v) is 4.34. The predicted molar refractivity (Wildman–Crippen MR) is 87.2 cm³/mol. The van der Waals surface area contributed by atoms with Gasteiger partial charge in [0.2, 0.25) is 0 Å². The highest BCUT2D eigenvalue weighted by Crippen LogP contribution is 2.37. The van der Waals surface area contributed by atoms with Crippen LogP contribution in [0, 0.1) is 25.7 Å². The molecule has 1 aromatic heterocycles. The second-order valence-corrected chi connectivity index (χ2v) is 7.35. The van der Waals surface area contributed by atoms with Gasteiger partial charge < -0.3 is 14.4 Å². The van der Waals surface area contributed by atoms with E-state index in [9.17, 15) is 9.90 Å². The summed E-state index contributed by atoms with van der Waals surface area (Å²) in [6, 6.07) is 0.130. The summed E-state index contributed by atoms with van der Waals surface area (Å²) in [7, 11) is 0. The molecule has 128 valence electrons. The average Bonchev–Trinajstić information content (AvgIpc) is 2.87. The van der Waals surface area contributed by atoms with Gasteiger partial charge in [0.15, 0.2) is 11.6 Å². The van der Waals surface area contributed by atoms with Gasteiger partial charge in [-0.3, -0.25) is 4.79 Å². The number of aliphatic hydroxyl groups excluding tert-OH is 1. The second-order valence-electron chi connectivity index (χ2n) is 7.35. The third-order valence-electron chi connectivity index (χ3n) is 5.53. The zero-order valence-corrected chi connectivity index (χ0v) is 14.4.